The molecule has 0 aliphatic carbocycles. The lowest BCUT2D eigenvalue weighted by atomic mass is 10.0. The zero-order valence-corrected chi connectivity index (χ0v) is 19.6. The van der Waals surface area contributed by atoms with Crippen LogP contribution < -0.4 is 0 Å². The van der Waals surface area contributed by atoms with Gasteiger partial charge >= 0.3 is 13.8 Å². The number of carbonyl (C=O) groups is 1. The average molecular weight is 457 g/mol. The van der Waals surface area contributed by atoms with Crippen LogP contribution in [0.4, 0.5) is 0 Å². The molecule has 5 N–H and O–H groups in total. The Bertz CT molecular complexity index is 406. The van der Waals surface area contributed by atoms with Gasteiger partial charge in [0.15, 0.2) is 0 Å². The first-order chi connectivity index (χ1) is 14.2. The molecule has 0 saturated carbocycles. The number of unbranched alkanes of at least 4 members (excludes halogenated alkanes) is 14. The number of aliphatic hydroxyl groups is 2. The molecule has 0 heterocycles. The van der Waals surface area contributed by atoms with Gasteiger partial charge in [0.2, 0.25) is 0 Å². The Morgan fingerprint density at radius 2 is 1.10 bits per heavy atom. The molecular weight excluding hydrogens is 411 g/mol. The Morgan fingerprint density at radius 1 is 0.767 bits per heavy atom. The van der Waals surface area contributed by atoms with E-state index in [0.29, 0.717) is 6.42 Å². The number of aliphatic hydroxyl groups excluding tert-OH is 2. The highest BCUT2D eigenvalue weighted by molar-refractivity contribution is 7.45. The SMILES string of the molecule is CCCCCCCCCCCCCCCCCC(=O)OCC(O)CO.O=P(O)(O)O. The Balaban J connectivity index is 0. The van der Waals surface area contributed by atoms with Crippen LogP contribution in [0.25, 0.3) is 0 Å². The van der Waals surface area contributed by atoms with Gasteiger partial charge in [-0.05, 0) is 6.42 Å². The lowest BCUT2D eigenvalue weighted by Gasteiger charge is -2.08. The van der Waals surface area contributed by atoms with E-state index in [0.717, 1.165) is 12.8 Å². The summed E-state index contributed by atoms with van der Waals surface area (Å²) in [6.45, 7) is 1.79. The van der Waals surface area contributed by atoms with E-state index in [1.807, 2.05) is 0 Å². The minimum Gasteiger partial charge on any atom is -0.463 e. The van der Waals surface area contributed by atoms with Crippen molar-refractivity contribution in [2.45, 2.75) is 116 Å². The minimum absolute atomic E-state index is 0.103. The second-order valence-corrected chi connectivity index (χ2v) is 8.76. The summed E-state index contributed by atoms with van der Waals surface area (Å²) in [5, 5.41) is 17.7. The number of phosphoric acid groups is 1. The van der Waals surface area contributed by atoms with E-state index in [1.165, 1.54) is 83.5 Å². The number of hydrogen-bond donors (Lipinski definition) is 5. The first-order valence-corrected chi connectivity index (χ1v) is 13.0. The van der Waals surface area contributed by atoms with Gasteiger partial charge < -0.3 is 29.6 Å². The van der Waals surface area contributed by atoms with Crippen LogP contribution in [-0.2, 0) is 14.1 Å². The van der Waals surface area contributed by atoms with Crippen molar-refractivity contribution < 1.29 is 39.0 Å². The fraction of sp³-hybridized carbons (Fsp3) is 0.952. The molecule has 30 heavy (non-hydrogen) atoms. The van der Waals surface area contributed by atoms with Gasteiger partial charge in [-0.1, -0.05) is 96.8 Å². The summed E-state index contributed by atoms with van der Waals surface area (Å²) in [4.78, 5) is 32.9. The zero-order valence-electron chi connectivity index (χ0n) is 18.7. The van der Waals surface area contributed by atoms with Crippen LogP contribution in [0.1, 0.15) is 110 Å². The molecule has 182 valence electrons. The molecule has 0 rings (SSSR count). The maximum Gasteiger partial charge on any atom is 0.466 e. The second kappa shape index (κ2) is 23.2. The maximum absolute atomic E-state index is 11.4. The summed E-state index contributed by atoms with van der Waals surface area (Å²) in [7, 11) is -4.64. The van der Waals surface area contributed by atoms with E-state index in [4.69, 9.17) is 34.2 Å². The molecule has 0 fully saturated rings. The van der Waals surface area contributed by atoms with Crippen LogP contribution in [0.3, 0.4) is 0 Å². The van der Waals surface area contributed by atoms with Crippen molar-refractivity contribution in [3.8, 4) is 0 Å². The van der Waals surface area contributed by atoms with Crippen molar-refractivity contribution in [3.05, 3.63) is 0 Å². The zero-order chi connectivity index (χ0) is 23.1. The average Bonchev–Trinajstić information content (AvgIpc) is 2.67. The lowest BCUT2D eigenvalue weighted by Crippen LogP contribution is -2.21. The molecular formula is C21H45O8P. The predicted molar refractivity (Wildman–Crippen MR) is 118 cm³/mol. The van der Waals surface area contributed by atoms with E-state index in [-0.39, 0.29) is 19.2 Å². The van der Waals surface area contributed by atoms with Crippen LogP contribution in [0.15, 0.2) is 0 Å². The maximum atomic E-state index is 11.4. The second-order valence-electron chi connectivity index (χ2n) is 7.73. The van der Waals surface area contributed by atoms with Crippen LogP contribution in [0, 0.1) is 0 Å². The third kappa shape index (κ3) is 35.0. The topological polar surface area (TPSA) is 145 Å². The highest BCUT2D eigenvalue weighted by Crippen LogP contribution is 2.25. The molecule has 0 spiro atoms. The Labute approximate surface area is 182 Å². The molecule has 1 unspecified atom stereocenters. The summed E-state index contributed by atoms with van der Waals surface area (Å²) in [6, 6.07) is 0. The van der Waals surface area contributed by atoms with Crippen LogP contribution in [0.2, 0.25) is 0 Å². The summed E-state index contributed by atoms with van der Waals surface area (Å²) in [5.41, 5.74) is 0. The Kier molecular flexibility index (Phi) is 24.5. The van der Waals surface area contributed by atoms with Gasteiger partial charge in [-0.3, -0.25) is 4.79 Å². The van der Waals surface area contributed by atoms with Gasteiger partial charge in [0, 0.05) is 6.42 Å². The standard InChI is InChI=1S/C21H42O4.H3O4P/c1-2-3-4-5-6-7-8-9-10-11-12-13-14-15-16-17-21(24)25-19-20(23)18-22;1-5(2,3)4/h20,22-23H,2-19H2,1H3;(H3,1,2,3,4). The molecule has 0 radical (unpaired) electrons. The fourth-order valence-corrected chi connectivity index (χ4v) is 2.95. The van der Waals surface area contributed by atoms with Crippen LogP contribution in [-0.4, -0.2) is 50.2 Å². The molecule has 0 saturated heterocycles. The van der Waals surface area contributed by atoms with E-state index in [9.17, 15) is 4.79 Å². The molecule has 0 aromatic rings. The van der Waals surface area contributed by atoms with Gasteiger partial charge in [0.1, 0.15) is 12.7 Å². The van der Waals surface area contributed by atoms with Crippen molar-refractivity contribution >= 4 is 13.8 Å². The van der Waals surface area contributed by atoms with Gasteiger partial charge in [0.25, 0.3) is 0 Å². The van der Waals surface area contributed by atoms with E-state index in [1.54, 1.807) is 0 Å². The molecule has 0 aromatic carbocycles. The lowest BCUT2D eigenvalue weighted by molar-refractivity contribution is -0.147. The Morgan fingerprint density at radius 3 is 1.43 bits per heavy atom. The molecule has 0 aromatic heterocycles. The molecule has 9 heteroatoms. The third-order valence-electron chi connectivity index (χ3n) is 4.63. The van der Waals surface area contributed by atoms with Crippen molar-refractivity contribution in [1.82, 2.24) is 0 Å². The molecule has 0 amide bonds. The molecule has 1 atom stereocenters. The van der Waals surface area contributed by atoms with Crippen molar-refractivity contribution in [1.29, 1.82) is 0 Å². The highest BCUT2D eigenvalue weighted by atomic mass is 31.2. The fourth-order valence-electron chi connectivity index (χ4n) is 2.95. The number of rotatable bonds is 19. The molecule has 0 bridgehead atoms. The van der Waals surface area contributed by atoms with Gasteiger partial charge in [-0.15, -0.1) is 0 Å². The largest absolute Gasteiger partial charge is 0.466 e. The third-order valence-corrected chi connectivity index (χ3v) is 4.63. The first kappa shape index (κ1) is 31.7. The molecule has 0 aliphatic heterocycles. The van der Waals surface area contributed by atoms with Crippen molar-refractivity contribution in [3.63, 3.8) is 0 Å². The number of esters is 1. The molecule has 0 aliphatic rings. The summed E-state index contributed by atoms with van der Waals surface area (Å²) in [6.07, 6.45) is 19.0. The van der Waals surface area contributed by atoms with E-state index >= 15 is 0 Å². The highest BCUT2D eigenvalue weighted by Gasteiger charge is 2.07. The quantitative estimate of drug-likeness (QED) is 0.110. The van der Waals surface area contributed by atoms with Crippen LogP contribution >= 0.6 is 7.82 Å². The van der Waals surface area contributed by atoms with E-state index in [2.05, 4.69) is 6.92 Å². The number of carbonyl (C=O) groups excluding carboxylic acids is 1. The summed E-state index contributed by atoms with van der Waals surface area (Å²) < 4.78 is 13.7. The van der Waals surface area contributed by atoms with Gasteiger partial charge in [0.05, 0.1) is 6.61 Å². The van der Waals surface area contributed by atoms with Crippen molar-refractivity contribution in [2.24, 2.45) is 0 Å². The first-order valence-electron chi connectivity index (χ1n) is 11.4. The molecule has 8 nitrogen and oxygen atoms in total. The van der Waals surface area contributed by atoms with Gasteiger partial charge in [-0.2, -0.15) is 0 Å². The van der Waals surface area contributed by atoms with Crippen molar-refractivity contribution in [2.75, 3.05) is 13.2 Å². The minimum atomic E-state index is -4.64. The summed E-state index contributed by atoms with van der Waals surface area (Å²) >= 11 is 0. The van der Waals surface area contributed by atoms with Gasteiger partial charge in [-0.25, -0.2) is 4.57 Å². The smallest absolute Gasteiger partial charge is 0.463 e. The number of hydrogen-bond acceptors (Lipinski definition) is 5. The van der Waals surface area contributed by atoms with Crippen LogP contribution in [0.5, 0.6) is 0 Å². The van der Waals surface area contributed by atoms with E-state index < -0.39 is 13.9 Å². The normalized spacial score (nSPS) is 12.2. The summed E-state index contributed by atoms with van der Waals surface area (Å²) in [5.74, 6) is -0.276. The predicted octanol–water partition coefficient (Wildman–Crippen LogP) is 4.22. The number of ether oxygens (including phenoxy) is 1. The Hall–Kier alpha value is -0.500. The monoisotopic (exact) mass is 456 g/mol.